The smallest absolute Gasteiger partial charge is 0.307 e. The van der Waals surface area contributed by atoms with Gasteiger partial charge in [-0.15, -0.1) is 0 Å². The van der Waals surface area contributed by atoms with Crippen molar-refractivity contribution in [2.24, 2.45) is 5.92 Å². The summed E-state index contributed by atoms with van der Waals surface area (Å²) < 4.78 is 15.8. The molecule has 1 aromatic rings. The Morgan fingerprint density at radius 2 is 2.05 bits per heavy atom. The molecule has 1 aliphatic heterocycles. The van der Waals surface area contributed by atoms with Crippen molar-refractivity contribution in [2.75, 3.05) is 27.4 Å². The number of methoxy groups -OCH3 is 2. The van der Waals surface area contributed by atoms with Crippen LogP contribution >= 0.6 is 0 Å². The minimum atomic E-state index is -0.840. The maximum absolute atomic E-state index is 11.3. The zero-order chi connectivity index (χ0) is 14.0. The van der Waals surface area contributed by atoms with Gasteiger partial charge in [-0.2, -0.15) is 0 Å². The van der Waals surface area contributed by atoms with Crippen molar-refractivity contribution in [3.8, 4) is 11.5 Å². The van der Waals surface area contributed by atoms with Crippen LogP contribution in [0.25, 0.3) is 0 Å². The van der Waals surface area contributed by atoms with E-state index >= 15 is 0 Å². The van der Waals surface area contributed by atoms with E-state index < -0.39 is 17.3 Å². The Bertz CT molecular complexity index is 479. The van der Waals surface area contributed by atoms with Gasteiger partial charge in [-0.1, -0.05) is 6.92 Å². The third-order valence-corrected chi connectivity index (χ3v) is 3.86. The predicted molar refractivity (Wildman–Crippen MR) is 68.8 cm³/mol. The maximum atomic E-state index is 11.3. The first-order valence-electron chi connectivity index (χ1n) is 6.08. The van der Waals surface area contributed by atoms with Gasteiger partial charge in [0.25, 0.3) is 0 Å². The van der Waals surface area contributed by atoms with Crippen molar-refractivity contribution in [1.82, 2.24) is 0 Å². The van der Waals surface area contributed by atoms with Crippen molar-refractivity contribution in [3.05, 3.63) is 23.8 Å². The summed E-state index contributed by atoms with van der Waals surface area (Å²) in [5, 5.41) is 9.31. The third kappa shape index (κ3) is 2.14. The molecule has 0 saturated carbocycles. The SMILES string of the molecule is COc1ccc(OC)c(C2(C(C)C(=O)O)COC2)c1. The summed E-state index contributed by atoms with van der Waals surface area (Å²) in [6.45, 7) is 2.46. The molecule has 1 atom stereocenters. The van der Waals surface area contributed by atoms with Crippen molar-refractivity contribution in [3.63, 3.8) is 0 Å². The van der Waals surface area contributed by atoms with E-state index in [0.29, 0.717) is 24.7 Å². The Hall–Kier alpha value is -1.75. The van der Waals surface area contributed by atoms with E-state index in [1.54, 1.807) is 33.3 Å². The fourth-order valence-electron chi connectivity index (χ4n) is 2.40. The maximum Gasteiger partial charge on any atom is 0.307 e. The Morgan fingerprint density at radius 1 is 1.37 bits per heavy atom. The average Bonchev–Trinajstić information content (AvgIpc) is 2.37. The Morgan fingerprint density at radius 3 is 2.47 bits per heavy atom. The fourth-order valence-corrected chi connectivity index (χ4v) is 2.40. The summed E-state index contributed by atoms with van der Waals surface area (Å²) in [4.78, 5) is 11.3. The van der Waals surface area contributed by atoms with E-state index in [0.717, 1.165) is 5.56 Å². The zero-order valence-electron chi connectivity index (χ0n) is 11.3. The third-order valence-electron chi connectivity index (χ3n) is 3.86. The molecular weight excluding hydrogens is 248 g/mol. The standard InChI is InChI=1S/C14H18O5/c1-9(13(15)16)14(7-19-8-14)11-6-10(17-2)4-5-12(11)18-3/h4-6,9H,7-8H2,1-3H3,(H,15,16). The van der Waals surface area contributed by atoms with Crippen LogP contribution in [0.2, 0.25) is 0 Å². The van der Waals surface area contributed by atoms with Gasteiger partial charge in [0.05, 0.1) is 38.8 Å². The number of rotatable bonds is 5. The van der Waals surface area contributed by atoms with Crippen LogP contribution in [0, 0.1) is 5.92 Å². The average molecular weight is 266 g/mol. The van der Waals surface area contributed by atoms with E-state index in [9.17, 15) is 9.90 Å². The Labute approximate surface area is 112 Å². The minimum absolute atomic E-state index is 0.379. The largest absolute Gasteiger partial charge is 0.497 e. The van der Waals surface area contributed by atoms with Crippen molar-refractivity contribution < 1.29 is 24.1 Å². The number of hydrogen-bond donors (Lipinski definition) is 1. The highest BCUT2D eigenvalue weighted by Crippen LogP contribution is 2.45. The van der Waals surface area contributed by atoms with E-state index in [4.69, 9.17) is 14.2 Å². The molecule has 0 aromatic heterocycles. The van der Waals surface area contributed by atoms with Crippen LogP contribution in [0.3, 0.4) is 0 Å². The Kier molecular flexibility index (Phi) is 3.66. The predicted octanol–water partition coefficient (Wildman–Crippen LogP) is 1.69. The summed E-state index contributed by atoms with van der Waals surface area (Å²) in [7, 11) is 3.15. The van der Waals surface area contributed by atoms with Crippen molar-refractivity contribution in [1.29, 1.82) is 0 Å². The first-order chi connectivity index (χ1) is 9.05. The molecule has 5 heteroatoms. The monoisotopic (exact) mass is 266 g/mol. The van der Waals surface area contributed by atoms with E-state index in [2.05, 4.69) is 0 Å². The summed E-state index contributed by atoms with van der Waals surface area (Å²) in [6.07, 6.45) is 0. The van der Waals surface area contributed by atoms with Gasteiger partial charge in [0.15, 0.2) is 0 Å². The lowest BCUT2D eigenvalue weighted by atomic mass is 9.69. The van der Waals surface area contributed by atoms with E-state index in [-0.39, 0.29) is 0 Å². The van der Waals surface area contributed by atoms with Crippen LogP contribution < -0.4 is 9.47 Å². The van der Waals surface area contributed by atoms with Gasteiger partial charge >= 0.3 is 5.97 Å². The van der Waals surface area contributed by atoms with Gasteiger partial charge < -0.3 is 19.3 Å². The number of carboxylic acid groups (broad SMARTS) is 1. The van der Waals surface area contributed by atoms with Gasteiger partial charge in [0.1, 0.15) is 11.5 Å². The molecule has 5 nitrogen and oxygen atoms in total. The van der Waals surface area contributed by atoms with Gasteiger partial charge in [-0.25, -0.2) is 0 Å². The van der Waals surface area contributed by atoms with Crippen LogP contribution in [0.5, 0.6) is 11.5 Å². The first kappa shape index (κ1) is 13.7. The summed E-state index contributed by atoms with van der Waals surface area (Å²) in [5.74, 6) is -0.0488. The van der Waals surface area contributed by atoms with Crippen LogP contribution in [0.1, 0.15) is 12.5 Å². The van der Waals surface area contributed by atoms with Crippen molar-refractivity contribution in [2.45, 2.75) is 12.3 Å². The number of hydrogen-bond acceptors (Lipinski definition) is 4. The minimum Gasteiger partial charge on any atom is -0.497 e. The number of carbonyl (C=O) groups is 1. The quantitative estimate of drug-likeness (QED) is 0.878. The number of aliphatic carboxylic acids is 1. The highest BCUT2D eigenvalue weighted by atomic mass is 16.5. The molecule has 1 saturated heterocycles. The lowest BCUT2D eigenvalue weighted by molar-refractivity contribution is -0.155. The van der Waals surface area contributed by atoms with Gasteiger partial charge in [0, 0.05) is 5.56 Å². The van der Waals surface area contributed by atoms with Crippen LogP contribution in [-0.2, 0) is 14.9 Å². The highest BCUT2D eigenvalue weighted by Gasteiger charge is 2.50. The lowest BCUT2D eigenvalue weighted by Gasteiger charge is -2.45. The van der Waals surface area contributed by atoms with Crippen LogP contribution in [-0.4, -0.2) is 38.5 Å². The molecule has 1 unspecified atom stereocenters. The molecule has 0 radical (unpaired) electrons. The lowest BCUT2D eigenvalue weighted by Crippen LogP contribution is -2.54. The molecule has 104 valence electrons. The van der Waals surface area contributed by atoms with Crippen LogP contribution in [0.4, 0.5) is 0 Å². The molecule has 1 heterocycles. The summed E-state index contributed by atoms with van der Waals surface area (Å²) in [5.41, 5.74) is 0.279. The topological polar surface area (TPSA) is 65.0 Å². The second-order valence-corrected chi connectivity index (χ2v) is 4.78. The van der Waals surface area contributed by atoms with E-state index in [1.807, 2.05) is 6.07 Å². The fraction of sp³-hybridized carbons (Fsp3) is 0.500. The molecule has 0 amide bonds. The molecular formula is C14H18O5. The van der Waals surface area contributed by atoms with E-state index in [1.165, 1.54) is 0 Å². The normalized spacial score (nSPS) is 18.3. The van der Waals surface area contributed by atoms with Gasteiger partial charge in [-0.05, 0) is 18.2 Å². The molecule has 2 rings (SSSR count). The highest BCUT2D eigenvalue weighted by molar-refractivity contribution is 5.73. The van der Waals surface area contributed by atoms with Gasteiger partial charge in [0.2, 0.25) is 0 Å². The molecule has 1 fully saturated rings. The second kappa shape index (κ2) is 5.09. The molecule has 1 aliphatic rings. The molecule has 0 aliphatic carbocycles. The Balaban J connectivity index is 2.50. The molecule has 1 aromatic carbocycles. The molecule has 1 N–H and O–H groups in total. The molecule has 0 spiro atoms. The van der Waals surface area contributed by atoms with Gasteiger partial charge in [-0.3, -0.25) is 4.79 Å². The number of benzene rings is 1. The zero-order valence-corrected chi connectivity index (χ0v) is 11.3. The second-order valence-electron chi connectivity index (χ2n) is 4.78. The summed E-state index contributed by atoms with van der Waals surface area (Å²) in [6, 6.07) is 5.42. The summed E-state index contributed by atoms with van der Waals surface area (Å²) >= 11 is 0. The molecule has 19 heavy (non-hydrogen) atoms. The number of carboxylic acids is 1. The first-order valence-corrected chi connectivity index (χ1v) is 6.08. The van der Waals surface area contributed by atoms with Crippen LogP contribution in [0.15, 0.2) is 18.2 Å². The molecule has 0 bridgehead atoms. The van der Waals surface area contributed by atoms with Crippen molar-refractivity contribution >= 4 is 5.97 Å². The number of ether oxygens (including phenoxy) is 3.